The molecule has 0 aliphatic rings. The van der Waals surface area contributed by atoms with Crippen molar-refractivity contribution in [2.75, 3.05) is 0 Å². The first-order valence-electron chi connectivity index (χ1n) is 6.40. The van der Waals surface area contributed by atoms with Crippen molar-refractivity contribution in [3.63, 3.8) is 0 Å². The van der Waals surface area contributed by atoms with Crippen LogP contribution in [-0.4, -0.2) is 15.0 Å². The molecule has 3 aromatic rings. The standard InChI is InChI=1S/C15H14N4S/c1-11-7-3-5-9-13(11)18-16-15(20)17-19(18)14-10-6-4-8-12(14)2/h3-10H,1-2H3/p+1. The fourth-order valence-electron chi connectivity index (χ4n) is 2.20. The molecule has 1 N–H and O–H groups in total. The van der Waals surface area contributed by atoms with Gasteiger partial charge in [-0.2, -0.15) is 0 Å². The van der Waals surface area contributed by atoms with Crippen molar-refractivity contribution < 1.29 is 4.80 Å². The minimum absolute atomic E-state index is 0.455. The van der Waals surface area contributed by atoms with Crippen molar-refractivity contribution in [2.24, 2.45) is 0 Å². The van der Waals surface area contributed by atoms with Gasteiger partial charge in [0.1, 0.15) is 5.69 Å². The first-order chi connectivity index (χ1) is 9.66. The van der Waals surface area contributed by atoms with E-state index in [1.54, 1.807) is 4.80 Å². The Kier molecular flexibility index (Phi) is 3.20. The van der Waals surface area contributed by atoms with Crippen LogP contribution in [-0.2, 0) is 0 Å². The van der Waals surface area contributed by atoms with Gasteiger partial charge >= 0.3 is 4.77 Å². The van der Waals surface area contributed by atoms with Crippen molar-refractivity contribution in [1.82, 2.24) is 15.0 Å². The van der Waals surface area contributed by atoms with Crippen molar-refractivity contribution in [3.8, 4) is 11.4 Å². The van der Waals surface area contributed by atoms with Gasteiger partial charge in [-0.05, 0) is 53.4 Å². The number of para-hydroxylation sites is 2. The Morgan fingerprint density at radius 1 is 1.00 bits per heavy atom. The average Bonchev–Trinajstić information content (AvgIpc) is 2.81. The largest absolute Gasteiger partial charge is 0.345 e. The maximum Gasteiger partial charge on any atom is 0.345 e. The molecule has 0 unspecified atom stereocenters. The summed E-state index contributed by atoms with van der Waals surface area (Å²) < 4.78 is 0.455. The number of benzene rings is 2. The lowest BCUT2D eigenvalue weighted by Gasteiger charge is -2.05. The number of aryl methyl sites for hydroxylation is 2. The van der Waals surface area contributed by atoms with Crippen molar-refractivity contribution in [3.05, 3.63) is 64.4 Å². The highest BCUT2D eigenvalue weighted by Crippen LogP contribution is 2.12. The second-order valence-corrected chi connectivity index (χ2v) is 5.08. The topological polar surface area (TPSA) is 37.5 Å². The third-order valence-corrected chi connectivity index (χ3v) is 3.42. The van der Waals surface area contributed by atoms with Gasteiger partial charge in [-0.15, -0.1) is 5.10 Å². The van der Waals surface area contributed by atoms with E-state index in [0.29, 0.717) is 4.77 Å². The second-order valence-electron chi connectivity index (χ2n) is 4.69. The average molecular weight is 283 g/mol. The monoisotopic (exact) mass is 283 g/mol. The van der Waals surface area contributed by atoms with Gasteiger partial charge in [0.15, 0.2) is 5.69 Å². The maximum absolute atomic E-state index is 5.20. The number of nitrogens with zero attached hydrogens (tertiary/aromatic N) is 3. The Hall–Kier alpha value is -2.27. The summed E-state index contributed by atoms with van der Waals surface area (Å²) in [6, 6.07) is 16.2. The quantitative estimate of drug-likeness (QED) is 0.580. The lowest BCUT2D eigenvalue weighted by atomic mass is 10.2. The van der Waals surface area contributed by atoms with Gasteiger partial charge in [0.2, 0.25) is 0 Å². The summed E-state index contributed by atoms with van der Waals surface area (Å²) in [6.45, 7) is 4.12. The number of aromatic nitrogens is 4. The van der Waals surface area contributed by atoms with E-state index in [-0.39, 0.29) is 0 Å². The minimum atomic E-state index is 0.455. The molecule has 5 heteroatoms. The Bertz CT molecular complexity index is 750. The summed E-state index contributed by atoms with van der Waals surface area (Å²) >= 11 is 5.20. The number of H-pyrrole nitrogens is 1. The molecule has 20 heavy (non-hydrogen) atoms. The number of aromatic amines is 1. The molecule has 0 spiro atoms. The molecule has 0 fully saturated rings. The van der Waals surface area contributed by atoms with Crippen LogP contribution in [0.25, 0.3) is 11.4 Å². The predicted molar refractivity (Wildman–Crippen MR) is 79.8 cm³/mol. The summed E-state index contributed by atoms with van der Waals surface area (Å²) in [5.41, 5.74) is 4.32. The smallest absolute Gasteiger partial charge is 0.137 e. The van der Waals surface area contributed by atoms with Crippen LogP contribution < -0.4 is 4.80 Å². The molecule has 0 radical (unpaired) electrons. The Morgan fingerprint density at radius 3 is 2.35 bits per heavy atom. The summed E-state index contributed by atoms with van der Waals surface area (Å²) in [4.78, 5) is 3.68. The zero-order valence-electron chi connectivity index (χ0n) is 11.4. The molecule has 2 aromatic carbocycles. The lowest BCUT2D eigenvalue weighted by Crippen LogP contribution is -2.44. The fraction of sp³-hybridized carbons (Fsp3) is 0.133. The maximum atomic E-state index is 5.20. The molecule has 0 saturated heterocycles. The zero-order valence-corrected chi connectivity index (χ0v) is 12.2. The molecule has 100 valence electrons. The molecule has 4 nitrogen and oxygen atoms in total. The molecule has 3 rings (SSSR count). The van der Waals surface area contributed by atoms with Gasteiger partial charge in [-0.25, -0.2) is 0 Å². The lowest BCUT2D eigenvalue weighted by molar-refractivity contribution is -0.735. The molecular weight excluding hydrogens is 268 g/mol. The van der Waals surface area contributed by atoms with Crippen LogP contribution in [0.5, 0.6) is 0 Å². The molecule has 0 amide bonds. The third-order valence-electron chi connectivity index (χ3n) is 3.25. The Balaban J connectivity index is 2.27. The van der Waals surface area contributed by atoms with Crippen LogP contribution in [0.4, 0.5) is 0 Å². The Labute approximate surface area is 122 Å². The van der Waals surface area contributed by atoms with E-state index < -0.39 is 0 Å². The first kappa shape index (κ1) is 12.7. The van der Waals surface area contributed by atoms with Crippen molar-refractivity contribution >= 4 is 12.2 Å². The van der Waals surface area contributed by atoms with Crippen LogP contribution in [0.3, 0.4) is 0 Å². The van der Waals surface area contributed by atoms with Crippen molar-refractivity contribution in [1.29, 1.82) is 0 Å². The van der Waals surface area contributed by atoms with Crippen LogP contribution >= 0.6 is 12.2 Å². The number of nitrogens with one attached hydrogen (secondary N) is 1. The van der Waals surface area contributed by atoms with Gasteiger partial charge in [0.25, 0.3) is 0 Å². The minimum Gasteiger partial charge on any atom is -0.137 e. The highest BCUT2D eigenvalue weighted by Gasteiger charge is 2.18. The van der Waals surface area contributed by atoms with Gasteiger partial charge in [-0.3, -0.25) is 0 Å². The molecule has 0 aliphatic carbocycles. The summed E-state index contributed by atoms with van der Waals surface area (Å²) in [7, 11) is 0. The third kappa shape index (κ3) is 2.16. The normalized spacial score (nSPS) is 10.7. The van der Waals surface area contributed by atoms with Gasteiger partial charge in [0.05, 0.1) is 0 Å². The van der Waals surface area contributed by atoms with E-state index in [2.05, 4.69) is 36.2 Å². The summed E-state index contributed by atoms with van der Waals surface area (Å²) in [5, 5.41) is 7.51. The van der Waals surface area contributed by atoms with Crippen LogP contribution in [0.2, 0.25) is 0 Å². The number of rotatable bonds is 2. The van der Waals surface area contributed by atoms with E-state index in [0.717, 1.165) is 22.5 Å². The number of hydrogen-bond acceptors (Lipinski definition) is 2. The zero-order chi connectivity index (χ0) is 14.1. The van der Waals surface area contributed by atoms with Crippen molar-refractivity contribution in [2.45, 2.75) is 13.8 Å². The number of hydrogen-bond donors (Lipinski definition) is 1. The van der Waals surface area contributed by atoms with E-state index in [1.165, 1.54) is 0 Å². The molecule has 1 aromatic heterocycles. The van der Waals surface area contributed by atoms with E-state index in [1.807, 2.05) is 41.2 Å². The van der Waals surface area contributed by atoms with E-state index in [4.69, 9.17) is 12.2 Å². The fourth-order valence-corrected chi connectivity index (χ4v) is 2.37. The predicted octanol–water partition coefficient (Wildman–Crippen LogP) is 2.82. The van der Waals surface area contributed by atoms with Crippen LogP contribution in [0.15, 0.2) is 48.5 Å². The number of tetrazole rings is 1. The summed E-state index contributed by atoms with van der Waals surface area (Å²) in [5.74, 6) is 0. The van der Waals surface area contributed by atoms with E-state index in [9.17, 15) is 0 Å². The first-order valence-corrected chi connectivity index (χ1v) is 6.81. The molecule has 1 heterocycles. The van der Waals surface area contributed by atoms with Gasteiger partial charge < -0.3 is 0 Å². The molecule has 0 atom stereocenters. The molecular formula is C15H15N4S+. The van der Waals surface area contributed by atoms with Gasteiger partial charge in [-0.1, -0.05) is 36.4 Å². The van der Waals surface area contributed by atoms with E-state index >= 15 is 0 Å². The SMILES string of the molecule is Cc1ccccc1-n1[nH]c(=S)n[n+]1-c1ccccc1C. The molecule has 0 saturated carbocycles. The second kappa shape index (κ2) is 5.02. The molecule has 0 bridgehead atoms. The van der Waals surface area contributed by atoms with Crippen LogP contribution in [0.1, 0.15) is 11.1 Å². The van der Waals surface area contributed by atoms with Crippen LogP contribution in [0, 0.1) is 18.6 Å². The molecule has 0 aliphatic heterocycles. The highest BCUT2D eigenvalue weighted by molar-refractivity contribution is 7.71. The highest BCUT2D eigenvalue weighted by atomic mass is 32.1. The Morgan fingerprint density at radius 2 is 1.65 bits per heavy atom. The summed E-state index contributed by atoms with van der Waals surface area (Å²) in [6.07, 6.45) is 0. The van der Waals surface area contributed by atoms with Gasteiger partial charge in [0, 0.05) is 10.7 Å².